The Labute approximate surface area is 382 Å². The van der Waals surface area contributed by atoms with Crippen molar-refractivity contribution in [2.45, 2.75) is 321 Å². The highest BCUT2D eigenvalue weighted by Crippen LogP contribution is 2.18. The Morgan fingerprint density at radius 1 is 0.393 bits per heavy atom. The Morgan fingerprint density at radius 3 is 1.00 bits per heavy atom. The van der Waals surface area contributed by atoms with E-state index in [1.807, 2.05) is 6.08 Å². The molecule has 0 bridgehead atoms. The fourth-order valence-corrected chi connectivity index (χ4v) is 8.73. The van der Waals surface area contributed by atoms with Gasteiger partial charge in [0, 0.05) is 0 Å². The summed E-state index contributed by atoms with van der Waals surface area (Å²) in [7, 11) is 0. The van der Waals surface area contributed by atoms with Gasteiger partial charge in [-0.15, -0.1) is 0 Å². The standard InChI is InChI=1S/C56H109NO4/c1-3-5-7-9-11-13-15-17-19-21-23-25-27-29-30-32-34-36-38-40-42-44-46-48-50-54(59)53(52-58)57-56(61)55(60)51-49-47-45-43-41-39-37-35-33-31-28-26-24-22-20-18-16-14-12-10-8-6-4-2/h40,42,48,50,53-55,58-60H,3-39,41,43-47,49,51-52H2,1-2H3,(H,57,61)/b42-40+,50-48+. The summed E-state index contributed by atoms with van der Waals surface area (Å²) in [6, 6.07) is -0.812. The molecule has 3 atom stereocenters. The van der Waals surface area contributed by atoms with E-state index in [1.165, 1.54) is 244 Å². The zero-order valence-corrected chi connectivity index (χ0v) is 41.3. The van der Waals surface area contributed by atoms with Gasteiger partial charge in [0.1, 0.15) is 6.10 Å². The van der Waals surface area contributed by atoms with Crippen LogP contribution in [0.5, 0.6) is 0 Å². The SMILES string of the molecule is CCCCCCCCCCCCCCCCCCCC/C=C/CC/C=C/C(O)C(CO)NC(=O)C(O)CCCCCCCCCCCCCCCCCCCCCCCCC. The smallest absolute Gasteiger partial charge is 0.249 e. The van der Waals surface area contributed by atoms with Crippen molar-refractivity contribution in [2.75, 3.05) is 6.61 Å². The lowest BCUT2D eigenvalue weighted by molar-refractivity contribution is -0.131. The molecule has 3 unspecified atom stereocenters. The van der Waals surface area contributed by atoms with Gasteiger partial charge in [-0.1, -0.05) is 295 Å². The third-order valence-electron chi connectivity index (χ3n) is 13.0. The van der Waals surface area contributed by atoms with Crippen molar-refractivity contribution in [2.24, 2.45) is 0 Å². The van der Waals surface area contributed by atoms with Crippen LogP contribution in [0.3, 0.4) is 0 Å². The minimum atomic E-state index is -1.10. The van der Waals surface area contributed by atoms with Crippen molar-refractivity contribution < 1.29 is 20.1 Å². The number of amides is 1. The first-order chi connectivity index (χ1) is 30.1. The lowest BCUT2D eigenvalue weighted by Gasteiger charge is -2.21. The van der Waals surface area contributed by atoms with Crippen molar-refractivity contribution in [1.29, 1.82) is 0 Å². The molecule has 5 nitrogen and oxygen atoms in total. The topological polar surface area (TPSA) is 89.8 Å². The summed E-state index contributed by atoms with van der Waals surface area (Å²) >= 11 is 0. The van der Waals surface area contributed by atoms with Crippen LogP contribution in [0.4, 0.5) is 0 Å². The third kappa shape index (κ3) is 46.6. The van der Waals surface area contributed by atoms with Crippen LogP contribution < -0.4 is 5.32 Å². The molecule has 0 heterocycles. The quantitative estimate of drug-likeness (QED) is 0.0362. The summed E-state index contributed by atoms with van der Waals surface area (Å²) < 4.78 is 0. The van der Waals surface area contributed by atoms with Crippen LogP contribution in [-0.2, 0) is 4.79 Å². The molecule has 0 aliphatic rings. The number of rotatable bonds is 51. The second-order valence-corrected chi connectivity index (χ2v) is 19.1. The van der Waals surface area contributed by atoms with Crippen LogP contribution in [0.2, 0.25) is 0 Å². The fraction of sp³-hybridized carbons (Fsp3) is 0.911. The zero-order chi connectivity index (χ0) is 44.4. The Hall–Kier alpha value is -1.17. The maximum Gasteiger partial charge on any atom is 0.249 e. The van der Waals surface area contributed by atoms with Gasteiger partial charge in [0.2, 0.25) is 5.91 Å². The molecule has 61 heavy (non-hydrogen) atoms. The van der Waals surface area contributed by atoms with Gasteiger partial charge in [-0.05, 0) is 32.1 Å². The minimum Gasteiger partial charge on any atom is -0.394 e. The number of aliphatic hydroxyl groups is 3. The molecule has 0 aromatic heterocycles. The van der Waals surface area contributed by atoms with E-state index in [4.69, 9.17) is 0 Å². The maximum absolute atomic E-state index is 12.5. The van der Waals surface area contributed by atoms with Crippen molar-refractivity contribution in [3.63, 3.8) is 0 Å². The second-order valence-electron chi connectivity index (χ2n) is 19.1. The summed E-state index contributed by atoms with van der Waals surface area (Å²) in [6.45, 7) is 4.21. The predicted octanol–water partition coefficient (Wildman–Crippen LogP) is 16.9. The lowest BCUT2D eigenvalue weighted by atomic mass is 10.0. The first-order valence-corrected chi connectivity index (χ1v) is 27.7. The molecule has 0 saturated heterocycles. The van der Waals surface area contributed by atoms with E-state index in [0.717, 1.165) is 38.5 Å². The van der Waals surface area contributed by atoms with E-state index in [2.05, 4.69) is 31.3 Å². The van der Waals surface area contributed by atoms with Crippen molar-refractivity contribution in [3.8, 4) is 0 Å². The Kier molecular flexibility index (Phi) is 50.5. The molecule has 362 valence electrons. The van der Waals surface area contributed by atoms with E-state index in [9.17, 15) is 20.1 Å². The molecule has 4 N–H and O–H groups in total. The van der Waals surface area contributed by atoms with Crippen LogP contribution >= 0.6 is 0 Å². The first-order valence-electron chi connectivity index (χ1n) is 27.7. The number of hydrogen-bond acceptors (Lipinski definition) is 4. The molecule has 0 aliphatic heterocycles. The van der Waals surface area contributed by atoms with Crippen molar-refractivity contribution in [1.82, 2.24) is 5.32 Å². The van der Waals surface area contributed by atoms with E-state index < -0.39 is 24.2 Å². The van der Waals surface area contributed by atoms with Crippen LogP contribution in [0, 0.1) is 0 Å². The summed E-state index contributed by atoms with van der Waals surface area (Å²) in [4.78, 5) is 12.5. The lowest BCUT2D eigenvalue weighted by Crippen LogP contribution is -2.48. The van der Waals surface area contributed by atoms with E-state index in [1.54, 1.807) is 6.08 Å². The molecule has 0 aromatic rings. The van der Waals surface area contributed by atoms with Gasteiger partial charge in [0.25, 0.3) is 0 Å². The van der Waals surface area contributed by atoms with Crippen LogP contribution in [0.1, 0.15) is 303 Å². The second kappa shape index (κ2) is 51.5. The van der Waals surface area contributed by atoms with Crippen molar-refractivity contribution >= 4 is 5.91 Å². The molecule has 0 radical (unpaired) electrons. The van der Waals surface area contributed by atoms with Crippen LogP contribution in [-0.4, -0.2) is 46.1 Å². The Balaban J connectivity index is 3.59. The van der Waals surface area contributed by atoms with Gasteiger partial charge in [-0.3, -0.25) is 4.79 Å². The molecule has 0 fully saturated rings. The number of carbonyl (C=O) groups excluding carboxylic acids is 1. The van der Waals surface area contributed by atoms with Gasteiger partial charge in [-0.2, -0.15) is 0 Å². The number of nitrogens with one attached hydrogen (secondary N) is 1. The summed E-state index contributed by atoms with van der Waals surface area (Å²) in [5.74, 6) is -0.507. The average molecular weight is 860 g/mol. The van der Waals surface area contributed by atoms with E-state index in [0.29, 0.717) is 6.42 Å². The number of allylic oxidation sites excluding steroid dienone is 3. The number of hydrogen-bond donors (Lipinski definition) is 4. The van der Waals surface area contributed by atoms with Gasteiger partial charge >= 0.3 is 0 Å². The largest absolute Gasteiger partial charge is 0.394 e. The molecule has 0 spiro atoms. The number of carbonyl (C=O) groups is 1. The molecular weight excluding hydrogens is 751 g/mol. The molecule has 5 heteroatoms. The number of aliphatic hydroxyl groups excluding tert-OH is 3. The van der Waals surface area contributed by atoms with Gasteiger partial charge in [0.15, 0.2) is 0 Å². The third-order valence-corrected chi connectivity index (χ3v) is 13.0. The molecule has 0 saturated carbocycles. The van der Waals surface area contributed by atoms with E-state index >= 15 is 0 Å². The van der Waals surface area contributed by atoms with Gasteiger partial charge in [0.05, 0.1) is 18.8 Å². The van der Waals surface area contributed by atoms with Crippen LogP contribution in [0.15, 0.2) is 24.3 Å². The fourth-order valence-electron chi connectivity index (χ4n) is 8.73. The summed E-state index contributed by atoms with van der Waals surface area (Å²) in [5.41, 5.74) is 0. The highest BCUT2D eigenvalue weighted by atomic mass is 16.3. The molecular formula is C56H109NO4. The van der Waals surface area contributed by atoms with Gasteiger partial charge in [-0.25, -0.2) is 0 Å². The molecule has 0 rings (SSSR count). The molecule has 0 aliphatic carbocycles. The Bertz CT molecular complexity index is 905. The molecule has 0 aromatic carbocycles. The normalized spacial score (nSPS) is 13.5. The number of unbranched alkanes of at least 4 members (excludes halogenated alkanes) is 41. The summed E-state index contributed by atoms with van der Waals surface area (Å²) in [6.07, 6.45) is 65.4. The highest BCUT2D eigenvalue weighted by molar-refractivity contribution is 5.80. The first kappa shape index (κ1) is 59.8. The highest BCUT2D eigenvalue weighted by Gasteiger charge is 2.22. The van der Waals surface area contributed by atoms with Crippen LogP contribution in [0.25, 0.3) is 0 Å². The van der Waals surface area contributed by atoms with Gasteiger partial charge < -0.3 is 20.6 Å². The Morgan fingerprint density at radius 2 is 0.672 bits per heavy atom. The van der Waals surface area contributed by atoms with Crippen molar-refractivity contribution in [3.05, 3.63) is 24.3 Å². The zero-order valence-electron chi connectivity index (χ0n) is 41.3. The predicted molar refractivity (Wildman–Crippen MR) is 268 cm³/mol. The monoisotopic (exact) mass is 860 g/mol. The van der Waals surface area contributed by atoms with E-state index in [-0.39, 0.29) is 6.61 Å². The average Bonchev–Trinajstić information content (AvgIpc) is 3.26. The minimum absolute atomic E-state index is 0.372. The summed E-state index contributed by atoms with van der Waals surface area (Å²) in [5, 5.41) is 33.3. The maximum atomic E-state index is 12.5. The molecule has 1 amide bonds.